The summed E-state index contributed by atoms with van der Waals surface area (Å²) in [5.41, 5.74) is 3.29. The van der Waals surface area contributed by atoms with Gasteiger partial charge in [-0.2, -0.15) is 0 Å². The molecule has 1 aromatic heterocycles. The number of aliphatic imine (C=N–C) groups is 1. The van der Waals surface area contributed by atoms with Crippen LogP contribution < -0.4 is 5.32 Å². The van der Waals surface area contributed by atoms with E-state index in [0.29, 0.717) is 0 Å². The van der Waals surface area contributed by atoms with E-state index in [-0.39, 0.29) is 0 Å². The second kappa shape index (κ2) is 6.53. The Morgan fingerprint density at radius 1 is 1.30 bits per heavy atom. The highest BCUT2D eigenvalue weighted by Gasteiger charge is 2.14. The van der Waals surface area contributed by atoms with Crippen molar-refractivity contribution < 1.29 is 0 Å². The molecule has 1 saturated carbocycles. The van der Waals surface area contributed by atoms with E-state index in [4.69, 9.17) is 0 Å². The lowest BCUT2D eigenvalue weighted by Crippen LogP contribution is -2.16. The zero-order valence-electron chi connectivity index (χ0n) is 12.2. The van der Waals surface area contributed by atoms with Gasteiger partial charge in [0, 0.05) is 17.6 Å². The minimum atomic E-state index is 0.838. The fourth-order valence-corrected chi connectivity index (χ4v) is 3.70. The van der Waals surface area contributed by atoms with Crippen LogP contribution in [0.25, 0.3) is 5.70 Å². The molecule has 0 unspecified atom stereocenters. The molecule has 0 atom stereocenters. The maximum Gasteiger partial charge on any atom is 0.183 e. The van der Waals surface area contributed by atoms with Crippen molar-refractivity contribution in [3.63, 3.8) is 0 Å². The average molecular weight is 289 g/mol. The fraction of sp³-hybridized carbons (Fsp3) is 0.625. The van der Waals surface area contributed by atoms with Crippen molar-refractivity contribution in [2.45, 2.75) is 51.9 Å². The molecule has 0 bridgehead atoms. The minimum Gasteiger partial charge on any atom is -0.361 e. The molecule has 2 heterocycles. The number of nitrogens with zero attached hydrogens (tertiary/aromatic N) is 2. The molecule has 0 radical (unpaired) electrons. The lowest BCUT2D eigenvalue weighted by atomic mass is 9.89. The predicted molar refractivity (Wildman–Crippen MR) is 87.5 cm³/mol. The van der Waals surface area contributed by atoms with Crippen LogP contribution >= 0.6 is 11.3 Å². The van der Waals surface area contributed by atoms with Gasteiger partial charge in [0.1, 0.15) is 5.69 Å². The van der Waals surface area contributed by atoms with Gasteiger partial charge in [-0.1, -0.05) is 25.3 Å². The van der Waals surface area contributed by atoms with Crippen molar-refractivity contribution >= 4 is 27.9 Å². The van der Waals surface area contributed by atoms with Crippen LogP contribution in [0.5, 0.6) is 0 Å². The SMILES string of the molecule is CC1=NC(c2csc(NCC3CCCCC3)n2)=CCC1. The summed E-state index contributed by atoms with van der Waals surface area (Å²) < 4.78 is 0. The number of allylic oxidation sites excluding steroid dienone is 1. The Morgan fingerprint density at radius 3 is 2.95 bits per heavy atom. The van der Waals surface area contributed by atoms with Gasteiger partial charge in [-0.15, -0.1) is 11.3 Å². The van der Waals surface area contributed by atoms with Gasteiger partial charge in [-0.3, -0.25) is 4.99 Å². The third kappa shape index (κ3) is 3.48. The summed E-state index contributed by atoms with van der Waals surface area (Å²) >= 11 is 1.70. The molecule has 108 valence electrons. The summed E-state index contributed by atoms with van der Waals surface area (Å²) in [5.74, 6) is 0.838. The molecule has 0 amide bonds. The number of aromatic nitrogens is 1. The van der Waals surface area contributed by atoms with Crippen molar-refractivity contribution in [2.24, 2.45) is 10.9 Å². The van der Waals surface area contributed by atoms with E-state index in [1.807, 2.05) is 0 Å². The van der Waals surface area contributed by atoms with Crippen LogP contribution in [0.15, 0.2) is 16.4 Å². The third-order valence-corrected chi connectivity index (χ3v) is 4.99. The normalized spacial score (nSPS) is 20.4. The summed E-state index contributed by atoms with van der Waals surface area (Å²) in [7, 11) is 0. The van der Waals surface area contributed by atoms with Gasteiger partial charge in [-0.05, 0) is 38.5 Å². The Labute approximate surface area is 125 Å². The zero-order chi connectivity index (χ0) is 13.8. The topological polar surface area (TPSA) is 37.3 Å². The first-order valence-electron chi connectivity index (χ1n) is 7.75. The average Bonchev–Trinajstić information content (AvgIpc) is 2.95. The molecule has 3 nitrogen and oxygen atoms in total. The number of rotatable bonds is 4. The zero-order valence-corrected chi connectivity index (χ0v) is 13.0. The van der Waals surface area contributed by atoms with E-state index in [9.17, 15) is 0 Å². The lowest BCUT2D eigenvalue weighted by Gasteiger charge is -2.21. The third-order valence-electron chi connectivity index (χ3n) is 4.19. The summed E-state index contributed by atoms with van der Waals surface area (Å²) in [6, 6.07) is 0. The summed E-state index contributed by atoms with van der Waals surface area (Å²) in [5, 5.41) is 6.69. The minimum absolute atomic E-state index is 0.838. The maximum absolute atomic E-state index is 4.68. The molecule has 1 aliphatic heterocycles. The van der Waals surface area contributed by atoms with Crippen LogP contribution in [0.3, 0.4) is 0 Å². The number of anilines is 1. The van der Waals surface area contributed by atoms with E-state index in [1.165, 1.54) is 37.8 Å². The Bertz CT molecular complexity index is 510. The van der Waals surface area contributed by atoms with E-state index < -0.39 is 0 Å². The smallest absolute Gasteiger partial charge is 0.183 e. The summed E-state index contributed by atoms with van der Waals surface area (Å²) in [4.78, 5) is 9.29. The molecule has 20 heavy (non-hydrogen) atoms. The molecule has 4 heteroatoms. The van der Waals surface area contributed by atoms with Gasteiger partial charge in [0.15, 0.2) is 5.13 Å². The molecule has 0 aromatic carbocycles. The second-order valence-corrected chi connectivity index (χ2v) is 6.76. The van der Waals surface area contributed by atoms with Crippen molar-refractivity contribution in [1.82, 2.24) is 4.98 Å². The Kier molecular flexibility index (Phi) is 4.51. The molecular formula is C16H23N3S. The molecule has 3 rings (SSSR count). The van der Waals surface area contributed by atoms with Crippen LogP contribution in [-0.2, 0) is 0 Å². The maximum atomic E-state index is 4.68. The highest BCUT2D eigenvalue weighted by Crippen LogP contribution is 2.27. The van der Waals surface area contributed by atoms with Gasteiger partial charge in [0.2, 0.25) is 0 Å². The molecule has 1 fully saturated rings. The van der Waals surface area contributed by atoms with Crippen LogP contribution in [0, 0.1) is 5.92 Å². The summed E-state index contributed by atoms with van der Waals surface area (Å²) in [6.07, 6.45) is 11.3. The first-order chi connectivity index (χ1) is 9.81. The molecular weight excluding hydrogens is 266 g/mol. The first kappa shape index (κ1) is 13.8. The van der Waals surface area contributed by atoms with Gasteiger partial charge in [0.05, 0.1) is 5.70 Å². The van der Waals surface area contributed by atoms with Crippen molar-refractivity contribution in [3.05, 3.63) is 17.2 Å². The highest BCUT2D eigenvalue weighted by molar-refractivity contribution is 7.13. The fourth-order valence-electron chi connectivity index (χ4n) is 2.98. The van der Waals surface area contributed by atoms with Crippen molar-refractivity contribution in [1.29, 1.82) is 0 Å². The van der Waals surface area contributed by atoms with Crippen LogP contribution in [0.2, 0.25) is 0 Å². The molecule has 0 saturated heterocycles. The van der Waals surface area contributed by atoms with Gasteiger partial charge < -0.3 is 5.32 Å². The monoisotopic (exact) mass is 289 g/mol. The van der Waals surface area contributed by atoms with Crippen LogP contribution in [-0.4, -0.2) is 17.2 Å². The van der Waals surface area contributed by atoms with Gasteiger partial charge in [0.25, 0.3) is 0 Å². The molecule has 2 aliphatic rings. The van der Waals surface area contributed by atoms with E-state index in [2.05, 4.69) is 33.7 Å². The van der Waals surface area contributed by atoms with E-state index in [0.717, 1.165) is 41.8 Å². The largest absolute Gasteiger partial charge is 0.361 e. The molecule has 1 aromatic rings. The van der Waals surface area contributed by atoms with E-state index in [1.54, 1.807) is 11.3 Å². The van der Waals surface area contributed by atoms with Crippen LogP contribution in [0.4, 0.5) is 5.13 Å². The number of hydrogen-bond donors (Lipinski definition) is 1. The molecule has 1 N–H and O–H groups in total. The number of thiazole rings is 1. The first-order valence-corrected chi connectivity index (χ1v) is 8.63. The van der Waals surface area contributed by atoms with E-state index >= 15 is 0 Å². The Balaban J connectivity index is 1.58. The predicted octanol–water partition coefficient (Wildman–Crippen LogP) is 4.73. The quantitative estimate of drug-likeness (QED) is 0.870. The standard InChI is InChI=1S/C16H23N3S/c1-12-6-5-9-14(18-12)15-11-20-16(19-15)17-10-13-7-3-2-4-8-13/h9,11,13H,2-8,10H2,1H3,(H,17,19). The van der Waals surface area contributed by atoms with Crippen molar-refractivity contribution in [2.75, 3.05) is 11.9 Å². The molecule has 0 spiro atoms. The second-order valence-electron chi connectivity index (χ2n) is 5.90. The lowest BCUT2D eigenvalue weighted by molar-refractivity contribution is 0.373. The molecule has 1 aliphatic carbocycles. The number of nitrogens with one attached hydrogen (secondary N) is 1. The van der Waals surface area contributed by atoms with Crippen molar-refractivity contribution in [3.8, 4) is 0 Å². The van der Waals surface area contributed by atoms with Gasteiger partial charge in [-0.25, -0.2) is 4.98 Å². The Morgan fingerprint density at radius 2 is 2.15 bits per heavy atom. The van der Waals surface area contributed by atoms with Gasteiger partial charge >= 0.3 is 0 Å². The highest BCUT2D eigenvalue weighted by atomic mass is 32.1. The number of hydrogen-bond acceptors (Lipinski definition) is 4. The summed E-state index contributed by atoms with van der Waals surface area (Å²) in [6.45, 7) is 3.18. The van der Waals surface area contributed by atoms with Crippen LogP contribution in [0.1, 0.15) is 57.6 Å². The Hall–Kier alpha value is -1.16.